The Kier molecular flexibility index (Phi) is 8.43. The molecule has 0 saturated carbocycles. The lowest BCUT2D eigenvalue weighted by atomic mass is 10.0. The van der Waals surface area contributed by atoms with Crippen molar-refractivity contribution in [2.75, 3.05) is 26.7 Å². The van der Waals surface area contributed by atoms with Crippen LogP contribution in [0.3, 0.4) is 0 Å². The molecule has 3 heterocycles. The highest BCUT2D eigenvalue weighted by molar-refractivity contribution is 5.78. The molecule has 3 aromatic rings. The van der Waals surface area contributed by atoms with E-state index >= 15 is 0 Å². The number of hydrogen-bond donors (Lipinski definition) is 1. The molecule has 1 aliphatic heterocycles. The fourth-order valence-electron chi connectivity index (χ4n) is 4.59. The van der Waals surface area contributed by atoms with Crippen molar-refractivity contribution in [1.29, 1.82) is 0 Å². The number of nitrogens with zero attached hydrogens (tertiary/aromatic N) is 6. The topological polar surface area (TPSA) is 96.6 Å². The number of rotatable bonds is 6. The average molecular weight is 481 g/mol. The molecule has 0 radical (unpaired) electrons. The summed E-state index contributed by atoms with van der Waals surface area (Å²) in [5.74, 6) is 0.109. The molecular formula is C26H36N6O3. The third-order valence-corrected chi connectivity index (χ3v) is 6.66. The Morgan fingerprint density at radius 2 is 2.17 bits per heavy atom. The Morgan fingerprint density at radius 3 is 3.00 bits per heavy atom. The number of pyridine rings is 1. The highest BCUT2D eigenvalue weighted by Crippen LogP contribution is 2.19. The summed E-state index contributed by atoms with van der Waals surface area (Å²) < 4.78 is 8.14. The summed E-state index contributed by atoms with van der Waals surface area (Å²) in [5.41, 5.74) is 2.96. The Labute approximate surface area is 206 Å². The number of aryl methyl sites for hydroxylation is 1. The van der Waals surface area contributed by atoms with Gasteiger partial charge in [0.25, 0.3) is 0 Å². The van der Waals surface area contributed by atoms with E-state index < -0.39 is 0 Å². The van der Waals surface area contributed by atoms with Gasteiger partial charge in [0, 0.05) is 50.1 Å². The zero-order valence-electron chi connectivity index (χ0n) is 20.9. The van der Waals surface area contributed by atoms with Gasteiger partial charge in [0.05, 0.1) is 37.1 Å². The van der Waals surface area contributed by atoms with E-state index in [1.807, 2.05) is 25.4 Å². The van der Waals surface area contributed by atoms with Gasteiger partial charge in [-0.05, 0) is 38.1 Å². The maximum atomic E-state index is 13.0. The number of fused-ring (bicyclic) bond motifs is 3. The molecule has 0 unspecified atom stereocenters. The van der Waals surface area contributed by atoms with Crippen LogP contribution in [0.1, 0.15) is 37.9 Å². The number of aliphatic hydroxyl groups is 1. The van der Waals surface area contributed by atoms with Crippen LogP contribution in [-0.2, 0) is 29.2 Å². The minimum absolute atomic E-state index is 0.0498. The first-order valence-corrected chi connectivity index (χ1v) is 12.4. The summed E-state index contributed by atoms with van der Waals surface area (Å²) in [4.78, 5) is 21.5. The van der Waals surface area contributed by atoms with Crippen LogP contribution in [0.15, 0.2) is 42.7 Å². The van der Waals surface area contributed by atoms with E-state index in [1.54, 1.807) is 9.58 Å². The molecule has 0 saturated heterocycles. The van der Waals surface area contributed by atoms with Crippen LogP contribution in [0, 0.1) is 5.92 Å². The van der Waals surface area contributed by atoms with E-state index in [0.29, 0.717) is 39.1 Å². The average Bonchev–Trinajstić information content (AvgIpc) is 3.31. The van der Waals surface area contributed by atoms with Crippen molar-refractivity contribution < 1.29 is 14.6 Å². The Morgan fingerprint density at radius 1 is 1.31 bits per heavy atom. The first kappa shape index (κ1) is 25.2. The molecule has 9 heteroatoms. The van der Waals surface area contributed by atoms with Crippen molar-refractivity contribution >= 4 is 16.8 Å². The molecule has 188 valence electrons. The summed E-state index contributed by atoms with van der Waals surface area (Å²) >= 11 is 0. The van der Waals surface area contributed by atoms with Crippen LogP contribution in [0.25, 0.3) is 10.9 Å². The van der Waals surface area contributed by atoms with E-state index in [2.05, 4.69) is 58.4 Å². The highest BCUT2D eigenvalue weighted by Gasteiger charge is 2.28. The number of benzene rings is 1. The highest BCUT2D eigenvalue weighted by atomic mass is 16.5. The van der Waals surface area contributed by atoms with Gasteiger partial charge in [-0.3, -0.25) is 19.4 Å². The summed E-state index contributed by atoms with van der Waals surface area (Å²) in [6.07, 6.45) is 4.66. The number of likely N-dealkylation sites (N-methyl/N-ethyl adjacent to an activating group) is 1. The minimum atomic E-state index is -0.240. The van der Waals surface area contributed by atoms with Crippen molar-refractivity contribution in [3.8, 4) is 0 Å². The minimum Gasteiger partial charge on any atom is -0.394 e. The second-order valence-corrected chi connectivity index (χ2v) is 9.71. The third-order valence-electron chi connectivity index (χ3n) is 6.66. The maximum absolute atomic E-state index is 13.0. The molecule has 0 aliphatic carbocycles. The van der Waals surface area contributed by atoms with Crippen LogP contribution in [0.5, 0.6) is 0 Å². The quantitative estimate of drug-likeness (QED) is 0.579. The number of ether oxygens (including phenoxy) is 1. The number of hydrogen-bond acceptors (Lipinski definition) is 7. The Bertz CT molecular complexity index is 1120. The molecule has 2 bridgehead atoms. The zero-order chi connectivity index (χ0) is 24.8. The summed E-state index contributed by atoms with van der Waals surface area (Å²) in [6.45, 7) is 6.90. The molecule has 35 heavy (non-hydrogen) atoms. The van der Waals surface area contributed by atoms with Crippen LogP contribution in [-0.4, -0.2) is 79.7 Å². The van der Waals surface area contributed by atoms with Gasteiger partial charge in [0.2, 0.25) is 5.91 Å². The number of carbonyl (C=O) groups is 1. The second kappa shape index (κ2) is 11.7. The molecule has 1 amide bonds. The molecule has 9 nitrogen and oxygen atoms in total. The number of aromatic nitrogens is 4. The summed E-state index contributed by atoms with van der Waals surface area (Å²) in [5, 5.41) is 19.3. The lowest BCUT2D eigenvalue weighted by Gasteiger charge is -2.35. The van der Waals surface area contributed by atoms with E-state index in [9.17, 15) is 9.90 Å². The van der Waals surface area contributed by atoms with Crippen LogP contribution < -0.4 is 0 Å². The summed E-state index contributed by atoms with van der Waals surface area (Å²) in [7, 11) is 2.08. The van der Waals surface area contributed by atoms with Gasteiger partial charge in [-0.25, -0.2) is 0 Å². The number of aliphatic hydroxyl groups excluding tert-OH is 1. The van der Waals surface area contributed by atoms with Gasteiger partial charge < -0.3 is 14.7 Å². The lowest BCUT2D eigenvalue weighted by molar-refractivity contribution is -0.136. The van der Waals surface area contributed by atoms with Crippen molar-refractivity contribution in [2.24, 2.45) is 5.92 Å². The first-order chi connectivity index (χ1) is 16.9. The first-order valence-electron chi connectivity index (χ1n) is 12.4. The fourth-order valence-corrected chi connectivity index (χ4v) is 4.59. The largest absolute Gasteiger partial charge is 0.394 e. The van der Waals surface area contributed by atoms with Gasteiger partial charge in [-0.2, -0.15) is 0 Å². The summed E-state index contributed by atoms with van der Waals surface area (Å²) in [6, 6.07) is 10.1. The van der Waals surface area contributed by atoms with Crippen LogP contribution >= 0.6 is 0 Å². The smallest absolute Gasteiger partial charge is 0.222 e. The molecule has 2 aromatic heterocycles. The zero-order valence-corrected chi connectivity index (χ0v) is 20.9. The molecular weight excluding hydrogens is 444 g/mol. The predicted molar refractivity (Wildman–Crippen MR) is 133 cm³/mol. The van der Waals surface area contributed by atoms with E-state index in [0.717, 1.165) is 23.1 Å². The van der Waals surface area contributed by atoms with Crippen LogP contribution in [0.2, 0.25) is 0 Å². The molecule has 3 atom stereocenters. The van der Waals surface area contributed by atoms with Gasteiger partial charge in [0.1, 0.15) is 5.69 Å². The molecule has 1 N–H and O–H groups in total. The lowest BCUT2D eigenvalue weighted by Crippen LogP contribution is -2.47. The SMILES string of the molecule is C[C@@H]1CN([C@@H](C)CO)C(=O)CCCn2cc(nn2)CO[C@H]1CN(C)Cc1ccc2cccnc2c1. The molecule has 4 rings (SSSR count). The maximum Gasteiger partial charge on any atom is 0.222 e. The molecule has 1 aliphatic rings. The predicted octanol–water partition coefficient (Wildman–Crippen LogP) is 2.48. The van der Waals surface area contributed by atoms with Gasteiger partial charge in [-0.1, -0.05) is 30.3 Å². The second-order valence-electron chi connectivity index (χ2n) is 9.71. The molecule has 0 spiro atoms. The van der Waals surface area contributed by atoms with E-state index in [1.165, 1.54) is 5.56 Å². The normalized spacial score (nSPS) is 20.9. The molecule has 0 fully saturated rings. The van der Waals surface area contributed by atoms with Crippen molar-refractivity contribution in [2.45, 2.75) is 58.5 Å². The monoisotopic (exact) mass is 480 g/mol. The van der Waals surface area contributed by atoms with Gasteiger partial charge in [0.15, 0.2) is 0 Å². The van der Waals surface area contributed by atoms with Crippen molar-refractivity contribution in [1.82, 2.24) is 29.8 Å². The van der Waals surface area contributed by atoms with Gasteiger partial charge in [-0.15, -0.1) is 5.10 Å². The standard InChI is InChI=1S/C26H36N6O3/c1-19-13-32(20(2)17-33)26(34)7-5-11-31-15-23(28-29-31)18-35-25(19)16-30(3)14-21-8-9-22-6-4-10-27-24(22)12-21/h4,6,8-10,12,15,19-20,25,33H,5,7,11,13-14,16-18H2,1-3H3/t19-,20+,25+/m1/s1. The number of carbonyl (C=O) groups excluding carboxylic acids is 1. The van der Waals surface area contributed by atoms with Crippen molar-refractivity contribution in [3.63, 3.8) is 0 Å². The van der Waals surface area contributed by atoms with Crippen molar-refractivity contribution in [3.05, 3.63) is 54.0 Å². The van der Waals surface area contributed by atoms with E-state index in [4.69, 9.17) is 4.74 Å². The van der Waals surface area contributed by atoms with E-state index in [-0.39, 0.29) is 30.6 Å². The molecule has 1 aromatic carbocycles. The van der Waals surface area contributed by atoms with Gasteiger partial charge >= 0.3 is 0 Å². The Hall–Kier alpha value is -2.88. The number of amides is 1. The Balaban J connectivity index is 1.50. The van der Waals surface area contributed by atoms with Crippen LogP contribution in [0.4, 0.5) is 0 Å². The fraction of sp³-hybridized carbons (Fsp3) is 0.538. The third kappa shape index (κ3) is 6.62.